The number of nitrogens with zero attached hydrogens (tertiary/aromatic N) is 3. The van der Waals surface area contributed by atoms with Gasteiger partial charge in [-0.15, -0.1) is 0 Å². The van der Waals surface area contributed by atoms with E-state index in [9.17, 15) is 9.59 Å². The molecule has 2 amide bonds. The number of nitrogens with two attached hydrogens (primary N) is 1. The predicted octanol–water partition coefficient (Wildman–Crippen LogP) is 10.5. The third-order valence-electron chi connectivity index (χ3n) is 18.9. The molecule has 366 valence electrons. The predicted molar refractivity (Wildman–Crippen MR) is 266 cm³/mol. The van der Waals surface area contributed by atoms with Crippen LogP contribution < -0.4 is 5.73 Å². The molecule has 3 N–H and O–H groups in total. The molecule has 0 aromatic heterocycles. The van der Waals surface area contributed by atoms with E-state index >= 15 is 0 Å². The van der Waals surface area contributed by atoms with Gasteiger partial charge in [-0.2, -0.15) is 0 Å². The summed E-state index contributed by atoms with van der Waals surface area (Å²) in [7, 11) is 4.34. The van der Waals surface area contributed by atoms with Crippen LogP contribution in [0.1, 0.15) is 137 Å². The molecule has 2 unspecified atom stereocenters. The Hall–Kier alpha value is -3.00. The molecule has 14 rings (SSSR count). The van der Waals surface area contributed by atoms with Crippen LogP contribution in [-0.4, -0.2) is 111 Å². The number of likely N-dealkylation sites (N-methyl/N-ethyl adjacent to an activating group) is 1. The van der Waals surface area contributed by atoms with E-state index in [1.165, 1.54) is 102 Å². The lowest BCUT2D eigenvalue weighted by molar-refractivity contribution is -0.122. The van der Waals surface area contributed by atoms with Crippen LogP contribution >= 0.6 is 31.9 Å². The molecule has 8 saturated carbocycles. The van der Waals surface area contributed by atoms with Gasteiger partial charge >= 0.3 is 12.2 Å². The first-order chi connectivity index (χ1) is 32.4. The van der Waals surface area contributed by atoms with Gasteiger partial charge in [0.25, 0.3) is 6.47 Å². The van der Waals surface area contributed by atoms with Gasteiger partial charge in [0.15, 0.2) is 0 Å². The van der Waals surface area contributed by atoms with Gasteiger partial charge in [-0.3, -0.25) is 4.79 Å². The molecule has 8 bridgehead atoms. The molecular formula is C54H74Br2N4O7. The van der Waals surface area contributed by atoms with Crippen molar-refractivity contribution in [2.45, 2.75) is 138 Å². The zero-order valence-electron chi connectivity index (χ0n) is 39.8. The summed E-state index contributed by atoms with van der Waals surface area (Å²) in [5.41, 5.74) is 12.4. The number of halogens is 2. The van der Waals surface area contributed by atoms with Crippen molar-refractivity contribution in [2.75, 3.05) is 53.4 Å². The molecule has 0 radical (unpaired) electrons. The van der Waals surface area contributed by atoms with Gasteiger partial charge in [-0.05, 0) is 217 Å². The molecule has 2 heterocycles. The minimum absolute atomic E-state index is 0.0347. The first-order valence-electron chi connectivity index (χ1n) is 25.6. The summed E-state index contributed by atoms with van der Waals surface area (Å²) in [5.74, 6) is 7.19. The Bertz CT molecular complexity index is 2050. The average molecular weight is 1050 g/mol. The summed E-state index contributed by atoms with van der Waals surface area (Å²) in [6.07, 6.45) is 19.9. The number of carboxylic acid groups (broad SMARTS) is 1. The molecule has 2 atom stereocenters. The highest BCUT2D eigenvalue weighted by Crippen LogP contribution is 2.58. The fourth-order valence-electron chi connectivity index (χ4n) is 16.7. The van der Waals surface area contributed by atoms with E-state index in [0.717, 1.165) is 88.5 Å². The zero-order valence-corrected chi connectivity index (χ0v) is 43.0. The van der Waals surface area contributed by atoms with Gasteiger partial charge in [0, 0.05) is 52.5 Å². The van der Waals surface area contributed by atoms with Crippen molar-refractivity contribution < 1.29 is 33.8 Å². The number of hydrogen-bond donors (Lipinski definition) is 2. The molecule has 2 aromatic rings. The normalized spacial score (nSPS) is 34.8. The van der Waals surface area contributed by atoms with E-state index in [2.05, 4.69) is 87.3 Å². The summed E-state index contributed by atoms with van der Waals surface area (Å²) < 4.78 is 14.9. The Labute approximate surface area is 415 Å². The summed E-state index contributed by atoms with van der Waals surface area (Å²) in [4.78, 5) is 49.0. The molecule has 2 saturated heterocycles. The number of hydrogen-bond acceptors (Lipinski definition) is 8. The Morgan fingerprint density at radius 1 is 0.672 bits per heavy atom. The Morgan fingerprint density at radius 3 is 1.36 bits per heavy atom. The molecule has 13 heteroatoms. The van der Waals surface area contributed by atoms with Gasteiger partial charge in [0.2, 0.25) is 0 Å². The third kappa shape index (κ3) is 9.51. The van der Waals surface area contributed by atoms with E-state index in [0.29, 0.717) is 42.1 Å². The Balaban J connectivity index is 0.000000154. The molecule has 2 aromatic carbocycles. The molecule has 67 heavy (non-hydrogen) atoms. The van der Waals surface area contributed by atoms with Crippen LogP contribution in [0, 0.1) is 47.3 Å². The molecule has 2 spiro atoms. The quantitative estimate of drug-likeness (QED) is 0.280. The van der Waals surface area contributed by atoms with Crippen LogP contribution in [0.5, 0.6) is 0 Å². The minimum atomic E-state index is -0.250. The lowest BCUT2D eigenvalue weighted by atomic mass is 9.55. The maximum Gasteiger partial charge on any atom is 0.410 e. The maximum absolute atomic E-state index is 13.2. The highest BCUT2D eigenvalue weighted by molar-refractivity contribution is 9.10. The lowest BCUT2D eigenvalue weighted by Crippen LogP contribution is -2.52. The minimum Gasteiger partial charge on any atom is -0.483 e. The molecule has 2 aliphatic heterocycles. The second-order valence-corrected chi connectivity index (χ2v) is 24.6. The van der Waals surface area contributed by atoms with Crippen LogP contribution in [0.15, 0.2) is 45.3 Å². The van der Waals surface area contributed by atoms with Crippen molar-refractivity contribution in [3.05, 3.63) is 67.6 Å². The number of carbonyl (C=O) groups excluding carboxylic acids is 3. The van der Waals surface area contributed by atoms with Crippen molar-refractivity contribution in [3.63, 3.8) is 0 Å². The number of likely N-dealkylation sites (tertiary alicyclic amines) is 2. The smallest absolute Gasteiger partial charge is 0.410 e. The SMILES string of the molecule is C=O.CN(C)CC1CC2(CCN(C(=O)OC3C4CC5CC(C4)CC3C5)CC2)c2c(Br)cccc21.NCC1CC2(CCN(C(=O)OC3C4CC5CC(C4)CC3C5)CC2)c2c(Br)cccc21.O=CO. The van der Waals surface area contributed by atoms with Crippen molar-refractivity contribution >= 4 is 57.3 Å². The average Bonchev–Trinajstić information content (AvgIpc) is 3.79. The summed E-state index contributed by atoms with van der Waals surface area (Å²) in [5, 5.41) is 6.89. The number of piperidine rings is 2. The van der Waals surface area contributed by atoms with Crippen molar-refractivity contribution in [1.82, 2.24) is 14.7 Å². The largest absolute Gasteiger partial charge is 0.483 e. The summed E-state index contributed by atoms with van der Waals surface area (Å²) >= 11 is 7.69. The van der Waals surface area contributed by atoms with Crippen LogP contribution in [0.4, 0.5) is 9.59 Å². The van der Waals surface area contributed by atoms with E-state index in [1.54, 1.807) is 0 Å². The summed E-state index contributed by atoms with van der Waals surface area (Å²) in [6, 6.07) is 13.2. The first-order valence-corrected chi connectivity index (χ1v) is 27.2. The van der Waals surface area contributed by atoms with E-state index in [1.807, 2.05) is 16.6 Å². The van der Waals surface area contributed by atoms with E-state index < -0.39 is 0 Å². The Morgan fingerprint density at radius 2 is 1.01 bits per heavy atom. The van der Waals surface area contributed by atoms with Gasteiger partial charge in [-0.25, -0.2) is 9.59 Å². The van der Waals surface area contributed by atoms with E-state index in [4.69, 9.17) is 29.9 Å². The number of rotatable bonds is 5. The van der Waals surface area contributed by atoms with Crippen LogP contribution in [0.3, 0.4) is 0 Å². The topological polar surface area (TPSA) is 143 Å². The number of amides is 2. The molecule has 10 aliphatic carbocycles. The lowest BCUT2D eigenvalue weighted by Gasteiger charge is -2.53. The van der Waals surface area contributed by atoms with Crippen molar-refractivity contribution in [2.24, 2.45) is 53.1 Å². The second-order valence-electron chi connectivity index (χ2n) is 22.9. The fourth-order valence-corrected chi connectivity index (χ4v) is 18.3. The maximum atomic E-state index is 13.2. The molecule has 10 fully saturated rings. The first kappa shape index (κ1) is 49.0. The molecule has 11 nitrogen and oxygen atoms in total. The van der Waals surface area contributed by atoms with Crippen LogP contribution in [0.25, 0.3) is 0 Å². The Kier molecular flexibility index (Phi) is 14.9. The van der Waals surface area contributed by atoms with Crippen LogP contribution in [0.2, 0.25) is 0 Å². The highest BCUT2D eigenvalue weighted by Gasteiger charge is 2.53. The second kappa shape index (κ2) is 20.4. The monoisotopic (exact) mass is 1050 g/mol. The fraction of sp³-hybridized carbons (Fsp3) is 0.704. The van der Waals surface area contributed by atoms with Gasteiger partial charge in [-0.1, -0.05) is 56.1 Å². The van der Waals surface area contributed by atoms with Crippen molar-refractivity contribution in [1.29, 1.82) is 0 Å². The summed E-state index contributed by atoms with van der Waals surface area (Å²) in [6.45, 7) is 6.77. The number of fused-ring (bicyclic) bond motifs is 4. The molecular weight excluding hydrogens is 976 g/mol. The number of benzene rings is 2. The van der Waals surface area contributed by atoms with Gasteiger partial charge in [0.1, 0.15) is 19.0 Å². The van der Waals surface area contributed by atoms with Gasteiger partial charge in [0.05, 0.1) is 0 Å². The molecule has 12 aliphatic rings. The van der Waals surface area contributed by atoms with Gasteiger partial charge < -0.3 is 39.8 Å². The number of ether oxygens (including phenoxy) is 2. The standard InChI is InChI=1S/C27H37BrN2O2.C25H33BrN2O2.CH2O2.CH2O/c1-29(2)16-21-15-27(24-22(21)4-3-5-23(24)28)6-8-30(9-7-27)26(31)32-25-19-11-17-10-18(13-19)14-20(25)12-17;26-21-3-1-2-20-19(14-27)13-25(22(20)21)4-6-28(7-5-25)24(29)30-23-17-9-15-8-16(11-17)12-18(23)10-15;2-1-3;1-2/h3-5,17-21,25H,6-16H2,1-2H3;1-3,15-19,23H,4-14,27H2;1H,(H,2,3);1H2. The third-order valence-corrected chi connectivity index (χ3v) is 20.2. The zero-order chi connectivity index (χ0) is 47.2. The van der Waals surface area contributed by atoms with Crippen LogP contribution in [-0.2, 0) is 29.9 Å². The number of carbonyl (C=O) groups is 4. The van der Waals surface area contributed by atoms with E-state index in [-0.39, 0.29) is 41.7 Å². The highest BCUT2D eigenvalue weighted by atomic mass is 79.9. The van der Waals surface area contributed by atoms with Crippen molar-refractivity contribution in [3.8, 4) is 0 Å².